The summed E-state index contributed by atoms with van der Waals surface area (Å²) in [6, 6.07) is 6.61. The zero-order valence-electron chi connectivity index (χ0n) is 8.11. The zero-order valence-corrected chi connectivity index (χ0v) is 9.63. The molecule has 1 rings (SSSR count). The minimum atomic E-state index is -0.590. The fourth-order valence-electron chi connectivity index (χ4n) is 0.946. The molecule has 0 radical (unpaired) electrons. The number of carbonyl (C=O) groups is 1. The van der Waals surface area contributed by atoms with Gasteiger partial charge in [0.15, 0.2) is 6.61 Å². The molecule has 0 bridgehead atoms. The summed E-state index contributed by atoms with van der Waals surface area (Å²) in [5.74, 6) is -0.590. The van der Waals surface area contributed by atoms with Crippen LogP contribution in [0.2, 0.25) is 10.0 Å². The Morgan fingerprint density at radius 1 is 1.50 bits per heavy atom. The highest BCUT2D eigenvalue weighted by molar-refractivity contribution is 6.35. The van der Waals surface area contributed by atoms with Gasteiger partial charge in [0.2, 0.25) is 0 Å². The maximum atomic E-state index is 11.0. The fourth-order valence-corrected chi connectivity index (χ4v) is 1.42. The molecule has 0 aliphatic rings. The van der Waals surface area contributed by atoms with Crippen LogP contribution in [0, 0.1) is 11.3 Å². The minimum absolute atomic E-state index is 0.266. The van der Waals surface area contributed by atoms with Crippen LogP contribution in [0.15, 0.2) is 24.3 Å². The fraction of sp³-hybridized carbons (Fsp3) is 0.0909. The SMILES string of the molecule is N#CCOC(=O)/C=C/c1ccc(Cl)cc1Cl. The first-order chi connectivity index (χ1) is 7.63. The number of esters is 1. The molecule has 0 aliphatic heterocycles. The Morgan fingerprint density at radius 3 is 2.88 bits per heavy atom. The molecule has 16 heavy (non-hydrogen) atoms. The van der Waals surface area contributed by atoms with Crippen LogP contribution in [0.3, 0.4) is 0 Å². The van der Waals surface area contributed by atoms with Crippen LogP contribution in [0.25, 0.3) is 6.08 Å². The molecule has 0 aromatic heterocycles. The van der Waals surface area contributed by atoms with Crippen molar-refractivity contribution in [2.75, 3.05) is 6.61 Å². The lowest BCUT2D eigenvalue weighted by Gasteiger charge is -1.98. The molecular formula is C11H7Cl2NO2. The van der Waals surface area contributed by atoms with Gasteiger partial charge in [-0.2, -0.15) is 5.26 Å². The summed E-state index contributed by atoms with van der Waals surface area (Å²) in [7, 11) is 0. The van der Waals surface area contributed by atoms with Crippen molar-refractivity contribution in [3.8, 4) is 6.07 Å². The molecule has 0 heterocycles. The maximum Gasteiger partial charge on any atom is 0.331 e. The van der Waals surface area contributed by atoms with E-state index < -0.39 is 5.97 Å². The van der Waals surface area contributed by atoms with E-state index in [9.17, 15) is 4.79 Å². The third kappa shape index (κ3) is 3.93. The van der Waals surface area contributed by atoms with E-state index in [2.05, 4.69) is 4.74 Å². The van der Waals surface area contributed by atoms with Gasteiger partial charge in [-0.1, -0.05) is 29.3 Å². The van der Waals surface area contributed by atoms with E-state index in [4.69, 9.17) is 28.5 Å². The van der Waals surface area contributed by atoms with E-state index in [0.717, 1.165) is 0 Å². The average molecular weight is 256 g/mol. The largest absolute Gasteiger partial charge is 0.447 e. The molecule has 82 valence electrons. The normalized spacial score (nSPS) is 10.1. The van der Waals surface area contributed by atoms with Crippen molar-refractivity contribution in [1.82, 2.24) is 0 Å². The number of rotatable bonds is 3. The van der Waals surface area contributed by atoms with Gasteiger partial charge < -0.3 is 4.74 Å². The Kier molecular flexibility index (Phi) is 4.84. The predicted molar refractivity (Wildman–Crippen MR) is 62.1 cm³/mol. The third-order valence-corrected chi connectivity index (χ3v) is 2.20. The Hall–Kier alpha value is -1.50. The lowest BCUT2D eigenvalue weighted by atomic mass is 10.2. The lowest BCUT2D eigenvalue weighted by Crippen LogP contribution is -1.99. The predicted octanol–water partition coefficient (Wildman–Crippen LogP) is 3.07. The van der Waals surface area contributed by atoms with E-state index in [0.29, 0.717) is 15.6 Å². The number of halogens is 2. The first-order valence-electron chi connectivity index (χ1n) is 4.30. The molecule has 5 heteroatoms. The first-order valence-corrected chi connectivity index (χ1v) is 5.06. The quantitative estimate of drug-likeness (QED) is 0.616. The molecule has 0 unspecified atom stereocenters. The average Bonchev–Trinajstić information content (AvgIpc) is 2.25. The third-order valence-electron chi connectivity index (χ3n) is 1.64. The molecule has 0 amide bonds. The van der Waals surface area contributed by atoms with Crippen molar-refractivity contribution in [3.05, 3.63) is 39.9 Å². The second kappa shape index (κ2) is 6.16. The zero-order chi connectivity index (χ0) is 12.0. The molecule has 0 saturated heterocycles. The van der Waals surface area contributed by atoms with Crippen LogP contribution < -0.4 is 0 Å². The number of carbonyl (C=O) groups excluding carboxylic acids is 1. The number of nitrogens with zero attached hydrogens (tertiary/aromatic N) is 1. The van der Waals surface area contributed by atoms with Crippen molar-refractivity contribution in [2.45, 2.75) is 0 Å². The highest BCUT2D eigenvalue weighted by atomic mass is 35.5. The summed E-state index contributed by atoms with van der Waals surface area (Å²) in [6.45, 7) is -0.266. The molecule has 0 atom stereocenters. The maximum absolute atomic E-state index is 11.0. The Morgan fingerprint density at radius 2 is 2.25 bits per heavy atom. The van der Waals surface area contributed by atoms with Gasteiger partial charge in [-0.25, -0.2) is 4.79 Å². The number of hydrogen-bond acceptors (Lipinski definition) is 3. The lowest BCUT2D eigenvalue weighted by molar-refractivity contribution is -0.136. The Labute approximate surface area is 103 Å². The number of nitriles is 1. The van der Waals surface area contributed by atoms with Crippen LogP contribution in [0.4, 0.5) is 0 Å². The second-order valence-corrected chi connectivity index (χ2v) is 3.61. The summed E-state index contributed by atoms with van der Waals surface area (Å²) in [6.07, 6.45) is 2.70. The summed E-state index contributed by atoms with van der Waals surface area (Å²) >= 11 is 11.6. The topological polar surface area (TPSA) is 50.1 Å². The van der Waals surface area contributed by atoms with E-state index in [1.54, 1.807) is 24.3 Å². The molecule has 0 aliphatic carbocycles. The Balaban J connectivity index is 2.70. The van der Waals surface area contributed by atoms with Crippen LogP contribution in [-0.4, -0.2) is 12.6 Å². The second-order valence-electron chi connectivity index (χ2n) is 2.76. The van der Waals surface area contributed by atoms with Gasteiger partial charge in [-0.05, 0) is 23.8 Å². The van der Waals surface area contributed by atoms with Gasteiger partial charge in [-0.3, -0.25) is 0 Å². The Bertz CT molecular complexity index is 464. The van der Waals surface area contributed by atoms with Crippen LogP contribution in [0.5, 0.6) is 0 Å². The number of hydrogen-bond donors (Lipinski definition) is 0. The monoisotopic (exact) mass is 255 g/mol. The molecule has 0 fully saturated rings. The van der Waals surface area contributed by atoms with Gasteiger partial charge in [0, 0.05) is 16.1 Å². The van der Waals surface area contributed by atoms with Crippen molar-refractivity contribution in [1.29, 1.82) is 5.26 Å². The van der Waals surface area contributed by atoms with Crippen molar-refractivity contribution in [3.63, 3.8) is 0 Å². The molecule has 0 saturated carbocycles. The summed E-state index contributed by atoms with van der Waals surface area (Å²) in [5, 5.41) is 9.15. The van der Waals surface area contributed by atoms with Crippen molar-refractivity contribution < 1.29 is 9.53 Å². The summed E-state index contributed by atoms with van der Waals surface area (Å²) in [4.78, 5) is 11.0. The molecule has 0 spiro atoms. The smallest absolute Gasteiger partial charge is 0.331 e. The first kappa shape index (κ1) is 12.6. The number of ether oxygens (including phenoxy) is 1. The van der Waals surface area contributed by atoms with Gasteiger partial charge >= 0.3 is 5.97 Å². The van der Waals surface area contributed by atoms with E-state index in [1.165, 1.54) is 12.2 Å². The van der Waals surface area contributed by atoms with Crippen molar-refractivity contribution >= 4 is 35.2 Å². The molecule has 1 aromatic carbocycles. The van der Waals surface area contributed by atoms with Crippen LogP contribution in [-0.2, 0) is 9.53 Å². The van der Waals surface area contributed by atoms with E-state index in [1.807, 2.05) is 0 Å². The highest BCUT2D eigenvalue weighted by Crippen LogP contribution is 2.21. The standard InChI is InChI=1S/C11H7Cl2NO2/c12-9-3-1-8(10(13)7-9)2-4-11(15)16-6-5-14/h1-4,7H,6H2/b4-2+. The summed E-state index contributed by atoms with van der Waals surface area (Å²) in [5.41, 5.74) is 0.653. The van der Waals surface area contributed by atoms with Crippen LogP contribution >= 0.6 is 23.2 Å². The van der Waals surface area contributed by atoms with Crippen molar-refractivity contribution in [2.24, 2.45) is 0 Å². The molecule has 0 N–H and O–H groups in total. The highest BCUT2D eigenvalue weighted by Gasteiger charge is 1.99. The van der Waals surface area contributed by atoms with E-state index in [-0.39, 0.29) is 6.61 Å². The van der Waals surface area contributed by atoms with Crippen LogP contribution in [0.1, 0.15) is 5.56 Å². The van der Waals surface area contributed by atoms with Gasteiger partial charge in [0.1, 0.15) is 6.07 Å². The molecular weight excluding hydrogens is 249 g/mol. The van der Waals surface area contributed by atoms with Gasteiger partial charge in [0.25, 0.3) is 0 Å². The minimum Gasteiger partial charge on any atom is -0.447 e. The van der Waals surface area contributed by atoms with E-state index >= 15 is 0 Å². The molecule has 3 nitrogen and oxygen atoms in total. The summed E-state index contributed by atoms with van der Waals surface area (Å²) < 4.78 is 4.52. The number of benzene rings is 1. The molecule has 1 aromatic rings. The van der Waals surface area contributed by atoms with Gasteiger partial charge in [0.05, 0.1) is 0 Å². The van der Waals surface area contributed by atoms with Gasteiger partial charge in [-0.15, -0.1) is 0 Å².